The summed E-state index contributed by atoms with van der Waals surface area (Å²) in [5, 5.41) is 6.69. The molecule has 2 heterocycles. The molecule has 37 heavy (non-hydrogen) atoms. The van der Waals surface area contributed by atoms with Gasteiger partial charge in [-0.15, -0.1) is 11.3 Å². The van der Waals surface area contributed by atoms with Crippen molar-refractivity contribution in [2.45, 2.75) is 25.8 Å². The Balaban J connectivity index is 1.04. The highest BCUT2D eigenvalue weighted by Gasteiger charge is 2.62. The summed E-state index contributed by atoms with van der Waals surface area (Å²) in [6.45, 7) is 4.94. The zero-order valence-corrected chi connectivity index (χ0v) is 22.0. The second kappa shape index (κ2) is 9.57. The molecule has 1 N–H and O–H groups in total. The number of ether oxygens (including phenoxy) is 2. The number of rotatable bonds is 8. The Kier molecular flexibility index (Phi) is 6.07. The fourth-order valence-corrected chi connectivity index (χ4v) is 7.98. The number of nitrogens with zero attached hydrogens (tertiary/aromatic N) is 1. The average molecular weight is 515 g/mol. The van der Waals surface area contributed by atoms with E-state index in [1.165, 1.54) is 40.5 Å². The molecule has 5 nitrogen and oxygen atoms in total. The number of thiophene rings is 1. The molecule has 3 aromatic rings. The SMILES string of the molecule is O=C(COc1ccc(-c2csc3ccccc23)cc1CN1CCOCC1)NC[C@@H]1C[C@H]2C=C[C@@H]1C21CC1. The van der Waals surface area contributed by atoms with Gasteiger partial charge in [-0.2, -0.15) is 0 Å². The van der Waals surface area contributed by atoms with Gasteiger partial charge in [-0.3, -0.25) is 9.69 Å². The summed E-state index contributed by atoms with van der Waals surface area (Å²) in [5.74, 6) is 2.77. The predicted octanol–water partition coefficient (Wildman–Crippen LogP) is 5.50. The summed E-state index contributed by atoms with van der Waals surface area (Å²) in [4.78, 5) is 15.2. The number of carbonyl (C=O) groups is 1. The summed E-state index contributed by atoms with van der Waals surface area (Å²) in [6.07, 6.45) is 8.81. The van der Waals surface area contributed by atoms with E-state index < -0.39 is 0 Å². The minimum Gasteiger partial charge on any atom is -0.483 e. The van der Waals surface area contributed by atoms with Crippen molar-refractivity contribution in [2.24, 2.45) is 23.2 Å². The van der Waals surface area contributed by atoms with E-state index in [9.17, 15) is 4.79 Å². The summed E-state index contributed by atoms with van der Waals surface area (Å²) >= 11 is 1.78. The van der Waals surface area contributed by atoms with Gasteiger partial charge >= 0.3 is 0 Å². The lowest BCUT2D eigenvalue weighted by molar-refractivity contribution is -0.123. The Hall–Kier alpha value is -2.67. The second-order valence-corrected chi connectivity index (χ2v) is 12.1. The van der Waals surface area contributed by atoms with Crippen LogP contribution in [0.1, 0.15) is 24.8 Å². The molecule has 4 aliphatic rings. The van der Waals surface area contributed by atoms with Gasteiger partial charge in [0.05, 0.1) is 13.2 Å². The minimum atomic E-state index is -0.0261. The predicted molar refractivity (Wildman–Crippen MR) is 148 cm³/mol. The van der Waals surface area contributed by atoms with Gasteiger partial charge in [0, 0.05) is 47.4 Å². The van der Waals surface area contributed by atoms with E-state index in [0.29, 0.717) is 17.3 Å². The van der Waals surface area contributed by atoms with E-state index >= 15 is 0 Å². The van der Waals surface area contributed by atoms with Gasteiger partial charge in [-0.1, -0.05) is 36.4 Å². The first-order chi connectivity index (χ1) is 18.2. The average Bonchev–Trinajstić information content (AvgIpc) is 3.40. The van der Waals surface area contributed by atoms with Gasteiger partial charge in [0.2, 0.25) is 0 Å². The van der Waals surface area contributed by atoms with Crippen molar-refractivity contribution in [1.29, 1.82) is 0 Å². The molecule has 1 amide bonds. The number of amides is 1. The standard InChI is InChI=1S/C31H34N2O3S/c34-30(32-17-22-16-24-6-7-27(22)31(24)9-10-31)19-36-28-8-5-21(15-23(28)18-33-11-13-35-14-12-33)26-20-37-29-4-2-1-3-25(26)29/h1-8,15,20,22,24,27H,9-14,16-19H2,(H,32,34)/t22-,24+,27-/m0/s1. The van der Waals surface area contributed by atoms with Crippen LogP contribution in [0.25, 0.3) is 21.2 Å². The number of hydrogen-bond acceptors (Lipinski definition) is 5. The highest BCUT2D eigenvalue weighted by Crippen LogP contribution is 2.69. The van der Waals surface area contributed by atoms with Crippen molar-refractivity contribution in [2.75, 3.05) is 39.5 Å². The maximum Gasteiger partial charge on any atom is 0.257 e. The molecule has 2 aromatic carbocycles. The third kappa shape index (κ3) is 4.39. The molecule has 3 aliphatic carbocycles. The molecule has 1 aromatic heterocycles. The van der Waals surface area contributed by atoms with Crippen LogP contribution < -0.4 is 10.1 Å². The van der Waals surface area contributed by atoms with Crippen LogP contribution in [-0.4, -0.2) is 50.3 Å². The molecule has 3 atom stereocenters. The number of allylic oxidation sites excluding steroid dienone is 2. The molecule has 0 radical (unpaired) electrons. The summed E-state index contributed by atoms with van der Waals surface area (Å²) in [5.41, 5.74) is 4.13. The zero-order chi connectivity index (χ0) is 24.8. The Morgan fingerprint density at radius 2 is 2.00 bits per heavy atom. The van der Waals surface area contributed by atoms with Gasteiger partial charge in [0.25, 0.3) is 5.91 Å². The normalized spacial score (nSPS) is 25.7. The zero-order valence-electron chi connectivity index (χ0n) is 21.2. The lowest BCUT2D eigenvalue weighted by Crippen LogP contribution is -2.36. The third-order valence-corrected chi connectivity index (χ3v) is 10.1. The monoisotopic (exact) mass is 514 g/mol. The van der Waals surface area contributed by atoms with Gasteiger partial charge in [0.15, 0.2) is 6.61 Å². The number of hydrogen-bond donors (Lipinski definition) is 1. The van der Waals surface area contributed by atoms with E-state index in [4.69, 9.17) is 9.47 Å². The van der Waals surface area contributed by atoms with Crippen molar-refractivity contribution in [1.82, 2.24) is 10.2 Å². The molecule has 1 spiro atoms. The second-order valence-electron chi connectivity index (χ2n) is 11.2. The quantitative estimate of drug-likeness (QED) is 0.404. The van der Waals surface area contributed by atoms with Crippen LogP contribution in [0, 0.1) is 23.2 Å². The molecular formula is C31H34N2O3S. The highest BCUT2D eigenvalue weighted by molar-refractivity contribution is 7.17. The van der Waals surface area contributed by atoms with E-state index in [0.717, 1.165) is 56.6 Å². The molecule has 1 aliphatic heterocycles. The van der Waals surface area contributed by atoms with Gasteiger partial charge < -0.3 is 14.8 Å². The first kappa shape index (κ1) is 23.4. The van der Waals surface area contributed by atoms with Crippen molar-refractivity contribution in [3.8, 4) is 16.9 Å². The Morgan fingerprint density at radius 3 is 2.84 bits per heavy atom. The summed E-state index contributed by atoms with van der Waals surface area (Å²) in [6, 6.07) is 15.0. The molecule has 2 bridgehead atoms. The van der Waals surface area contributed by atoms with Crippen molar-refractivity contribution in [3.05, 3.63) is 65.6 Å². The largest absolute Gasteiger partial charge is 0.483 e. The lowest BCUT2D eigenvalue weighted by atomic mass is 9.89. The molecule has 3 fully saturated rings. The van der Waals surface area contributed by atoms with E-state index in [1.54, 1.807) is 11.3 Å². The smallest absolute Gasteiger partial charge is 0.257 e. The number of fused-ring (bicyclic) bond motifs is 1. The van der Waals surface area contributed by atoms with Crippen molar-refractivity contribution < 1.29 is 14.3 Å². The molecule has 2 saturated carbocycles. The van der Waals surface area contributed by atoms with Crippen LogP contribution in [0.5, 0.6) is 5.75 Å². The Bertz CT molecular complexity index is 1340. The molecule has 0 unspecified atom stereocenters. The third-order valence-electron chi connectivity index (χ3n) is 9.12. The van der Waals surface area contributed by atoms with Crippen LogP contribution in [0.15, 0.2) is 60.0 Å². The number of carbonyl (C=O) groups excluding carboxylic acids is 1. The Morgan fingerprint density at radius 1 is 1.14 bits per heavy atom. The van der Waals surface area contributed by atoms with Crippen molar-refractivity contribution >= 4 is 27.3 Å². The van der Waals surface area contributed by atoms with Crippen LogP contribution in [0.3, 0.4) is 0 Å². The van der Waals surface area contributed by atoms with E-state index in [-0.39, 0.29) is 12.5 Å². The van der Waals surface area contributed by atoms with Crippen molar-refractivity contribution in [3.63, 3.8) is 0 Å². The summed E-state index contributed by atoms with van der Waals surface area (Å²) < 4.78 is 13.0. The van der Waals surface area contributed by atoms with Gasteiger partial charge in [0.1, 0.15) is 5.75 Å². The van der Waals surface area contributed by atoms with E-state index in [2.05, 4.69) is 64.1 Å². The topological polar surface area (TPSA) is 50.8 Å². The molecular weight excluding hydrogens is 480 g/mol. The molecule has 7 rings (SSSR count). The molecule has 1 saturated heterocycles. The lowest BCUT2D eigenvalue weighted by Gasteiger charge is -2.27. The van der Waals surface area contributed by atoms with Gasteiger partial charge in [-0.25, -0.2) is 0 Å². The van der Waals surface area contributed by atoms with Crippen LogP contribution in [-0.2, 0) is 16.1 Å². The Labute approximate surface area is 222 Å². The highest BCUT2D eigenvalue weighted by atomic mass is 32.1. The number of benzene rings is 2. The fraction of sp³-hybridized carbons (Fsp3) is 0.452. The number of nitrogens with one attached hydrogen (secondary N) is 1. The first-order valence-electron chi connectivity index (χ1n) is 13.7. The van der Waals surface area contributed by atoms with Crippen LogP contribution in [0.4, 0.5) is 0 Å². The fourth-order valence-electron chi connectivity index (χ4n) is 7.01. The van der Waals surface area contributed by atoms with Gasteiger partial charge in [-0.05, 0) is 71.6 Å². The maximum absolute atomic E-state index is 12.8. The number of morpholine rings is 1. The van der Waals surface area contributed by atoms with E-state index in [1.807, 2.05) is 6.07 Å². The maximum atomic E-state index is 12.8. The minimum absolute atomic E-state index is 0.0261. The molecule has 192 valence electrons. The summed E-state index contributed by atoms with van der Waals surface area (Å²) in [7, 11) is 0. The molecule has 6 heteroatoms. The van der Waals surface area contributed by atoms with Crippen LogP contribution >= 0.6 is 11.3 Å². The first-order valence-corrected chi connectivity index (χ1v) is 14.5. The van der Waals surface area contributed by atoms with Crippen LogP contribution in [0.2, 0.25) is 0 Å².